The Hall–Kier alpha value is -1.62. The number of nitrogen functional groups attached to an aromatic ring is 1. The first-order chi connectivity index (χ1) is 6.61. The number of anilines is 1. The SMILES string of the molecule is Nc1c([N+](=O)[O-])ccc2c1[C@@H](N)CC2. The molecule has 1 atom stereocenters. The van der Waals surface area contributed by atoms with Crippen molar-refractivity contribution in [2.24, 2.45) is 5.73 Å². The second kappa shape index (κ2) is 2.95. The van der Waals surface area contributed by atoms with Crippen LogP contribution < -0.4 is 11.5 Å². The number of nitrogens with two attached hydrogens (primary N) is 2. The summed E-state index contributed by atoms with van der Waals surface area (Å²) < 4.78 is 0. The van der Waals surface area contributed by atoms with Gasteiger partial charge in [-0.3, -0.25) is 10.1 Å². The lowest BCUT2D eigenvalue weighted by Gasteiger charge is -2.08. The van der Waals surface area contributed by atoms with Crippen molar-refractivity contribution in [3.05, 3.63) is 33.4 Å². The molecule has 0 radical (unpaired) electrons. The molecule has 1 aliphatic rings. The summed E-state index contributed by atoms with van der Waals surface area (Å²) in [6.07, 6.45) is 1.68. The molecule has 0 amide bonds. The normalized spacial score (nSPS) is 19.4. The van der Waals surface area contributed by atoms with Crippen molar-refractivity contribution in [2.45, 2.75) is 18.9 Å². The number of aryl methyl sites for hydroxylation is 1. The molecule has 1 aromatic carbocycles. The molecule has 0 aliphatic heterocycles. The van der Waals surface area contributed by atoms with Gasteiger partial charge in [0.1, 0.15) is 5.69 Å². The van der Waals surface area contributed by atoms with E-state index in [1.807, 2.05) is 0 Å². The Morgan fingerprint density at radius 2 is 2.21 bits per heavy atom. The number of benzene rings is 1. The molecule has 2 rings (SSSR count). The van der Waals surface area contributed by atoms with E-state index < -0.39 is 4.92 Å². The molecular weight excluding hydrogens is 182 g/mol. The smallest absolute Gasteiger partial charge is 0.292 e. The highest BCUT2D eigenvalue weighted by atomic mass is 16.6. The molecule has 0 bridgehead atoms. The number of nitro groups is 1. The standard InChI is InChI=1S/C9H11N3O2/c10-6-3-1-5-2-4-7(12(13)14)9(11)8(5)6/h2,4,6H,1,3,10-11H2/t6-/m0/s1. The monoisotopic (exact) mass is 193 g/mol. The first-order valence-electron chi connectivity index (χ1n) is 4.42. The van der Waals surface area contributed by atoms with Crippen LogP contribution in [0.25, 0.3) is 0 Å². The van der Waals surface area contributed by atoms with Gasteiger partial charge in [0.2, 0.25) is 0 Å². The Morgan fingerprint density at radius 3 is 2.86 bits per heavy atom. The molecule has 5 heteroatoms. The summed E-state index contributed by atoms with van der Waals surface area (Å²) in [5, 5.41) is 10.6. The minimum Gasteiger partial charge on any atom is -0.393 e. The van der Waals surface area contributed by atoms with E-state index in [2.05, 4.69) is 0 Å². The van der Waals surface area contributed by atoms with Gasteiger partial charge in [0, 0.05) is 17.7 Å². The van der Waals surface area contributed by atoms with E-state index in [9.17, 15) is 10.1 Å². The minimum atomic E-state index is -0.472. The lowest BCUT2D eigenvalue weighted by atomic mass is 10.0. The van der Waals surface area contributed by atoms with Crippen LogP contribution in [0, 0.1) is 10.1 Å². The van der Waals surface area contributed by atoms with Crippen LogP contribution in [-0.4, -0.2) is 4.92 Å². The Labute approximate surface area is 80.9 Å². The van der Waals surface area contributed by atoms with E-state index in [0.29, 0.717) is 0 Å². The van der Waals surface area contributed by atoms with Crippen molar-refractivity contribution in [1.82, 2.24) is 0 Å². The summed E-state index contributed by atoms with van der Waals surface area (Å²) in [7, 11) is 0. The number of hydrogen-bond donors (Lipinski definition) is 2. The Kier molecular flexibility index (Phi) is 1.89. The second-order valence-corrected chi connectivity index (χ2v) is 3.47. The molecule has 1 aromatic rings. The van der Waals surface area contributed by atoms with Gasteiger partial charge in [-0.15, -0.1) is 0 Å². The molecule has 0 aromatic heterocycles. The zero-order valence-corrected chi connectivity index (χ0v) is 7.56. The largest absolute Gasteiger partial charge is 0.393 e. The third-order valence-corrected chi connectivity index (χ3v) is 2.65. The third-order valence-electron chi connectivity index (χ3n) is 2.65. The Bertz CT molecular complexity index is 403. The predicted octanol–water partition coefficient (Wildman–Crippen LogP) is 1.12. The highest BCUT2D eigenvalue weighted by Crippen LogP contribution is 2.38. The van der Waals surface area contributed by atoms with Gasteiger partial charge < -0.3 is 11.5 Å². The molecule has 4 N–H and O–H groups in total. The van der Waals surface area contributed by atoms with Crippen LogP contribution >= 0.6 is 0 Å². The Balaban J connectivity index is 2.61. The number of hydrogen-bond acceptors (Lipinski definition) is 4. The van der Waals surface area contributed by atoms with Gasteiger partial charge in [-0.05, 0) is 18.4 Å². The van der Waals surface area contributed by atoms with Crippen molar-refractivity contribution in [3.8, 4) is 0 Å². The molecule has 0 spiro atoms. The van der Waals surface area contributed by atoms with Crippen molar-refractivity contribution in [1.29, 1.82) is 0 Å². The number of nitrogens with zero attached hydrogens (tertiary/aromatic N) is 1. The fourth-order valence-corrected chi connectivity index (χ4v) is 1.94. The fraction of sp³-hybridized carbons (Fsp3) is 0.333. The van der Waals surface area contributed by atoms with Crippen LogP contribution in [0.15, 0.2) is 12.1 Å². The molecule has 0 heterocycles. The van der Waals surface area contributed by atoms with Crippen LogP contribution in [0.5, 0.6) is 0 Å². The topological polar surface area (TPSA) is 95.2 Å². The van der Waals surface area contributed by atoms with Crippen molar-refractivity contribution in [2.75, 3.05) is 5.73 Å². The highest BCUT2D eigenvalue weighted by molar-refractivity contribution is 5.67. The summed E-state index contributed by atoms with van der Waals surface area (Å²) in [6.45, 7) is 0. The zero-order valence-electron chi connectivity index (χ0n) is 7.56. The minimum absolute atomic E-state index is 0.0406. The number of rotatable bonds is 1. The van der Waals surface area contributed by atoms with Gasteiger partial charge in [0.15, 0.2) is 0 Å². The summed E-state index contributed by atoms with van der Waals surface area (Å²) in [5.74, 6) is 0. The lowest BCUT2D eigenvalue weighted by Crippen LogP contribution is -2.09. The molecule has 5 nitrogen and oxygen atoms in total. The van der Waals surface area contributed by atoms with Crippen LogP contribution in [0.1, 0.15) is 23.6 Å². The predicted molar refractivity (Wildman–Crippen MR) is 52.8 cm³/mol. The Morgan fingerprint density at radius 1 is 1.50 bits per heavy atom. The maximum Gasteiger partial charge on any atom is 0.292 e. The van der Waals surface area contributed by atoms with Crippen LogP contribution in [0.4, 0.5) is 11.4 Å². The second-order valence-electron chi connectivity index (χ2n) is 3.47. The quantitative estimate of drug-likeness (QED) is 0.397. The highest BCUT2D eigenvalue weighted by Gasteiger charge is 2.26. The van der Waals surface area contributed by atoms with E-state index >= 15 is 0 Å². The van der Waals surface area contributed by atoms with Crippen LogP contribution in [0.3, 0.4) is 0 Å². The van der Waals surface area contributed by atoms with E-state index in [4.69, 9.17) is 11.5 Å². The van der Waals surface area contributed by atoms with Crippen LogP contribution in [0.2, 0.25) is 0 Å². The zero-order chi connectivity index (χ0) is 10.3. The van der Waals surface area contributed by atoms with Crippen molar-refractivity contribution >= 4 is 11.4 Å². The van der Waals surface area contributed by atoms with Crippen molar-refractivity contribution in [3.63, 3.8) is 0 Å². The van der Waals surface area contributed by atoms with Gasteiger partial charge in [-0.25, -0.2) is 0 Å². The number of nitro benzene ring substituents is 1. The molecule has 74 valence electrons. The van der Waals surface area contributed by atoms with Crippen molar-refractivity contribution < 1.29 is 4.92 Å². The molecular formula is C9H11N3O2. The molecule has 0 unspecified atom stereocenters. The molecule has 0 saturated heterocycles. The molecule has 0 saturated carbocycles. The third kappa shape index (κ3) is 1.13. The van der Waals surface area contributed by atoms with Gasteiger partial charge in [-0.1, -0.05) is 6.07 Å². The van der Waals surface area contributed by atoms with Gasteiger partial charge in [-0.2, -0.15) is 0 Å². The molecule has 0 fully saturated rings. The lowest BCUT2D eigenvalue weighted by molar-refractivity contribution is -0.384. The maximum absolute atomic E-state index is 10.6. The summed E-state index contributed by atoms with van der Waals surface area (Å²) in [6, 6.07) is 3.05. The number of fused-ring (bicyclic) bond motifs is 1. The van der Waals surface area contributed by atoms with Gasteiger partial charge in [0.05, 0.1) is 4.92 Å². The summed E-state index contributed by atoms with van der Waals surface area (Å²) in [5.41, 5.74) is 13.5. The van der Waals surface area contributed by atoms with E-state index in [-0.39, 0.29) is 17.4 Å². The molecule has 14 heavy (non-hydrogen) atoms. The molecule has 1 aliphatic carbocycles. The van der Waals surface area contributed by atoms with E-state index in [1.165, 1.54) is 6.07 Å². The first kappa shape index (κ1) is 8.96. The first-order valence-corrected chi connectivity index (χ1v) is 4.42. The van der Waals surface area contributed by atoms with Crippen LogP contribution in [-0.2, 0) is 6.42 Å². The van der Waals surface area contributed by atoms with E-state index in [1.54, 1.807) is 6.07 Å². The van der Waals surface area contributed by atoms with Gasteiger partial charge >= 0.3 is 0 Å². The summed E-state index contributed by atoms with van der Waals surface area (Å²) in [4.78, 5) is 10.1. The van der Waals surface area contributed by atoms with E-state index in [0.717, 1.165) is 24.0 Å². The maximum atomic E-state index is 10.6. The average molecular weight is 193 g/mol. The van der Waals surface area contributed by atoms with Gasteiger partial charge in [0.25, 0.3) is 5.69 Å². The fourth-order valence-electron chi connectivity index (χ4n) is 1.94. The average Bonchev–Trinajstić information content (AvgIpc) is 2.48. The summed E-state index contributed by atoms with van der Waals surface area (Å²) >= 11 is 0.